The van der Waals surface area contributed by atoms with E-state index in [4.69, 9.17) is 0 Å². The number of nitrogens with one attached hydrogen (secondary N) is 1. The summed E-state index contributed by atoms with van der Waals surface area (Å²) in [6, 6.07) is 11.3. The standard InChI is InChI=1S/C21H21N3O3S2/c1-13-4-6-17(14(2)10-13)18-12-28-21(22-18)23-20(25)16-5-7-19-15(11-16)8-9-24(19)29(3,26)27/h4-7,10-12H,8-9H2,1-3H3,(H,22,23,25). The van der Waals surface area contributed by atoms with Crippen molar-refractivity contribution < 1.29 is 13.2 Å². The van der Waals surface area contributed by atoms with E-state index < -0.39 is 10.0 Å². The van der Waals surface area contributed by atoms with Crippen LogP contribution >= 0.6 is 11.3 Å². The average molecular weight is 428 g/mol. The van der Waals surface area contributed by atoms with Crippen molar-refractivity contribution in [3.8, 4) is 11.3 Å². The van der Waals surface area contributed by atoms with Crippen LogP contribution in [-0.4, -0.2) is 32.1 Å². The van der Waals surface area contributed by atoms with Gasteiger partial charge in [0, 0.05) is 23.1 Å². The molecule has 0 bridgehead atoms. The van der Waals surface area contributed by atoms with E-state index in [1.807, 2.05) is 24.4 Å². The quantitative estimate of drug-likeness (QED) is 0.683. The van der Waals surface area contributed by atoms with E-state index in [2.05, 4.69) is 23.3 Å². The van der Waals surface area contributed by atoms with Gasteiger partial charge in [-0.25, -0.2) is 13.4 Å². The number of carbonyl (C=O) groups excluding carboxylic acids is 1. The minimum absolute atomic E-state index is 0.257. The van der Waals surface area contributed by atoms with Gasteiger partial charge in [0.05, 0.1) is 17.6 Å². The van der Waals surface area contributed by atoms with Crippen molar-refractivity contribution in [2.45, 2.75) is 20.3 Å². The van der Waals surface area contributed by atoms with Crippen LogP contribution in [0.3, 0.4) is 0 Å². The molecular formula is C21H21N3O3S2. The summed E-state index contributed by atoms with van der Waals surface area (Å²) in [6.45, 7) is 4.50. The van der Waals surface area contributed by atoms with Crippen molar-refractivity contribution >= 4 is 38.1 Å². The SMILES string of the molecule is Cc1ccc(-c2csc(NC(=O)c3ccc4c(c3)CCN4S(C)(=O)=O)n2)c(C)c1. The average Bonchev–Trinajstić information content (AvgIpc) is 3.27. The second-order valence-corrected chi connectivity index (χ2v) is 10.0. The minimum Gasteiger partial charge on any atom is -0.298 e. The lowest BCUT2D eigenvalue weighted by molar-refractivity contribution is 0.102. The fourth-order valence-electron chi connectivity index (χ4n) is 3.58. The first-order chi connectivity index (χ1) is 13.7. The summed E-state index contributed by atoms with van der Waals surface area (Å²) in [5.41, 5.74) is 6.21. The van der Waals surface area contributed by atoms with E-state index in [1.54, 1.807) is 18.2 Å². The topological polar surface area (TPSA) is 79.4 Å². The van der Waals surface area contributed by atoms with Gasteiger partial charge in [-0.15, -0.1) is 11.3 Å². The molecule has 0 aliphatic carbocycles. The molecular weight excluding hydrogens is 406 g/mol. The van der Waals surface area contributed by atoms with E-state index in [-0.39, 0.29) is 5.91 Å². The van der Waals surface area contributed by atoms with Crippen molar-refractivity contribution in [3.05, 3.63) is 64.0 Å². The Hall–Kier alpha value is -2.71. The Labute approximate surface area is 174 Å². The van der Waals surface area contributed by atoms with E-state index in [9.17, 15) is 13.2 Å². The molecule has 0 saturated heterocycles. The summed E-state index contributed by atoms with van der Waals surface area (Å²) in [5, 5.41) is 5.31. The molecule has 0 unspecified atom stereocenters. The largest absolute Gasteiger partial charge is 0.298 e. The maximum absolute atomic E-state index is 12.7. The van der Waals surface area contributed by atoms with Gasteiger partial charge in [-0.1, -0.05) is 23.8 Å². The Morgan fingerprint density at radius 2 is 1.97 bits per heavy atom. The Bertz CT molecular complexity index is 1220. The predicted molar refractivity (Wildman–Crippen MR) is 117 cm³/mol. The van der Waals surface area contributed by atoms with E-state index in [1.165, 1.54) is 27.5 Å². The summed E-state index contributed by atoms with van der Waals surface area (Å²) < 4.78 is 25.1. The zero-order chi connectivity index (χ0) is 20.8. The number of benzene rings is 2. The summed E-state index contributed by atoms with van der Waals surface area (Å²) in [6.07, 6.45) is 1.79. The number of sulfonamides is 1. The molecule has 150 valence electrons. The molecule has 1 amide bonds. The molecule has 4 rings (SSSR count). The molecule has 2 heterocycles. The van der Waals surface area contributed by atoms with E-state index in [0.29, 0.717) is 29.3 Å². The van der Waals surface area contributed by atoms with Crippen molar-refractivity contribution in [2.24, 2.45) is 0 Å². The molecule has 3 aromatic rings. The first kappa shape index (κ1) is 19.6. The third kappa shape index (κ3) is 3.90. The van der Waals surface area contributed by atoms with Gasteiger partial charge in [0.2, 0.25) is 10.0 Å². The second-order valence-electron chi connectivity index (χ2n) is 7.24. The van der Waals surface area contributed by atoms with Crippen molar-refractivity contribution in [3.63, 3.8) is 0 Å². The van der Waals surface area contributed by atoms with Crippen LogP contribution in [0, 0.1) is 13.8 Å². The van der Waals surface area contributed by atoms with Crippen LogP contribution in [0.15, 0.2) is 41.8 Å². The molecule has 0 radical (unpaired) electrons. The van der Waals surface area contributed by atoms with Gasteiger partial charge >= 0.3 is 0 Å². The first-order valence-electron chi connectivity index (χ1n) is 9.17. The maximum Gasteiger partial charge on any atom is 0.257 e. The van der Waals surface area contributed by atoms with Crippen LogP contribution in [0.2, 0.25) is 0 Å². The molecule has 2 aromatic carbocycles. The smallest absolute Gasteiger partial charge is 0.257 e. The molecule has 6 nitrogen and oxygen atoms in total. The molecule has 0 fully saturated rings. The molecule has 0 atom stereocenters. The number of hydrogen-bond acceptors (Lipinski definition) is 5. The van der Waals surface area contributed by atoms with E-state index in [0.717, 1.165) is 22.4 Å². The molecule has 8 heteroatoms. The van der Waals surface area contributed by atoms with Gasteiger partial charge in [0.15, 0.2) is 5.13 Å². The highest BCUT2D eigenvalue weighted by Crippen LogP contribution is 2.32. The molecule has 1 aliphatic rings. The van der Waals surface area contributed by atoms with Gasteiger partial charge in [-0.3, -0.25) is 14.4 Å². The lowest BCUT2D eigenvalue weighted by atomic mass is 10.0. The Morgan fingerprint density at radius 3 is 2.69 bits per heavy atom. The second kappa shape index (κ2) is 7.27. The van der Waals surface area contributed by atoms with Crippen LogP contribution in [0.5, 0.6) is 0 Å². The van der Waals surface area contributed by atoms with Crippen molar-refractivity contribution in [1.29, 1.82) is 0 Å². The number of rotatable bonds is 4. The highest BCUT2D eigenvalue weighted by Gasteiger charge is 2.26. The molecule has 0 spiro atoms. The molecule has 1 N–H and O–H groups in total. The van der Waals surface area contributed by atoms with Crippen LogP contribution < -0.4 is 9.62 Å². The molecule has 1 aromatic heterocycles. The van der Waals surface area contributed by atoms with Crippen LogP contribution in [0.1, 0.15) is 27.0 Å². The third-order valence-corrected chi connectivity index (χ3v) is 6.92. The van der Waals surface area contributed by atoms with Gasteiger partial charge < -0.3 is 0 Å². The monoisotopic (exact) mass is 427 g/mol. The summed E-state index contributed by atoms with van der Waals surface area (Å²) in [4.78, 5) is 17.2. The summed E-state index contributed by atoms with van der Waals surface area (Å²) in [5.74, 6) is -0.257. The number of hydrogen-bond donors (Lipinski definition) is 1. The van der Waals surface area contributed by atoms with E-state index >= 15 is 0 Å². The van der Waals surface area contributed by atoms with Gasteiger partial charge in [0.1, 0.15) is 0 Å². The number of nitrogens with zero attached hydrogens (tertiary/aromatic N) is 2. The number of carbonyl (C=O) groups is 1. The van der Waals surface area contributed by atoms with Gasteiger partial charge in [-0.05, 0) is 49.6 Å². The van der Waals surface area contributed by atoms with Crippen LogP contribution in [0.25, 0.3) is 11.3 Å². The zero-order valence-corrected chi connectivity index (χ0v) is 18.0. The predicted octanol–water partition coefficient (Wildman–Crippen LogP) is 4.00. The van der Waals surface area contributed by atoms with Crippen molar-refractivity contribution in [1.82, 2.24) is 4.98 Å². The lowest BCUT2D eigenvalue weighted by Crippen LogP contribution is -2.27. The Morgan fingerprint density at radius 1 is 1.17 bits per heavy atom. The fourth-order valence-corrected chi connectivity index (χ4v) is 5.25. The summed E-state index contributed by atoms with van der Waals surface area (Å²) >= 11 is 1.38. The maximum atomic E-state index is 12.7. The Balaban J connectivity index is 1.53. The molecule has 29 heavy (non-hydrogen) atoms. The normalized spacial score (nSPS) is 13.4. The third-order valence-electron chi connectivity index (χ3n) is 4.98. The number of aromatic nitrogens is 1. The van der Waals surface area contributed by atoms with Crippen LogP contribution in [0.4, 0.5) is 10.8 Å². The highest BCUT2D eigenvalue weighted by molar-refractivity contribution is 7.92. The number of aryl methyl sites for hydroxylation is 2. The van der Waals surface area contributed by atoms with Crippen molar-refractivity contribution in [2.75, 3.05) is 22.4 Å². The Kier molecular flexibility index (Phi) is 4.92. The molecule has 1 aliphatic heterocycles. The highest BCUT2D eigenvalue weighted by atomic mass is 32.2. The zero-order valence-electron chi connectivity index (χ0n) is 16.4. The minimum atomic E-state index is -3.30. The number of anilines is 2. The first-order valence-corrected chi connectivity index (χ1v) is 11.9. The molecule has 0 saturated carbocycles. The van der Waals surface area contributed by atoms with Gasteiger partial charge in [0.25, 0.3) is 5.91 Å². The fraction of sp³-hybridized carbons (Fsp3) is 0.238. The van der Waals surface area contributed by atoms with Crippen LogP contribution in [-0.2, 0) is 16.4 Å². The van der Waals surface area contributed by atoms with Gasteiger partial charge in [-0.2, -0.15) is 0 Å². The number of amides is 1. The lowest BCUT2D eigenvalue weighted by Gasteiger charge is -2.16. The number of fused-ring (bicyclic) bond motifs is 1. The number of thiazole rings is 1. The summed E-state index contributed by atoms with van der Waals surface area (Å²) in [7, 11) is -3.30.